The number of hydrogen-bond acceptors (Lipinski definition) is 6. The van der Waals surface area contributed by atoms with Crippen LogP contribution >= 0.6 is 0 Å². The van der Waals surface area contributed by atoms with Crippen molar-refractivity contribution in [3.05, 3.63) is 137 Å². The van der Waals surface area contributed by atoms with Gasteiger partial charge in [-0.3, -0.25) is 14.4 Å². The van der Waals surface area contributed by atoms with Crippen molar-refractivity contribution in [2.45, 2.75) is 17.5 Å². The SMILES string of the molecule is N#CCOc1ccccc1C(=O)[C@H]1[C@@H](C(=O)c2ccc(F)cc2)[C@@]2(C(=O)Nc3ccccc32)[C@H]2c3ccccc3C=CN12. The number of amides is 1. The number of nitrogens with zero attached hydrogens (tertiary/aromatic N) is 2. The molecule has 0 unspecified atom stereocenters. The molecule has 4 aromatic carbocycles. The minimum atomic E-state index is -1.51. The summed E-state index contributed by atoms with van der Waals surface area (Å²) < 4.78 is 19.6. The standard InChI is InChI=1S/C35H24FN3O4/c36-23-15-13-22(14-16-23)31(40)29-30(32(41)25-9-3-6-12-28(25)43-20-18-37)39-19-17-21-7-1-2-8-24(21)33(39)35(29)26-10-4-5-11-27(26)38-34(35)42/h1-17,19,29-30,33H,20H2,(H,38,42)/t29-,30+,33+,35+/m0/s1. The number of para-hydroxylation sites is 2. The fourth-order valence-electron chi connectivity index (χ4n) is 7.03. The summed E-state index contributed by atoms with van der Waals surface area (Å²) in [4.78, 5) is 45.8. The Bertz CT molecular complexity index is 1880. The van der Waals surface area contributed by atoms with Crippen molar-refractivity contribution in [2.75, 3.05) is 11.9 Å². The number of rotatable bonds is 6. The summed E-state index contributed by atoms with van der Waals surface area (Å²) >= 11 is 0. The van der Waals surface area contributed by atoms with Gasteiger partial charge in [-0.05, 0) is 65.2 Å². The third kappa shape index (κ3) is 3.82. The van der Waals surface area contributed by atoms with Crippen molar-refractivity contribution >= 4 is 29.2 Å². The molecule has 0 bridgehead atoms. The topological polar surface area (TPSA) is 99.5 Å². The van der Waals surface area contributed by atoms with E-state index in [1.54, 1.807) is 36.5 Å². The molecule has 0 saturated carbocycles. The predicted octanol–water partition coefficient (Wildman–Crippen LogP) is 5.71. The van der Waals surface area contributed by atoms with Crippen LogP contribution in [0.5, 0.6) is 5.75 Å². The van der Waals surface area contributed by atoms with Gasteiger partial charge in [-0.1, -0.05) is 54.6 Å². The lowest BCUT2D eigenvalue weighted by Gasteiger charge is -2.38. The molecule has 0 aliphatic carbocycles. The zero-order valence-corrected chi connectivity index (χ0v) is 22.7. The van der Waals surface area contributed by atoms with Crippen LogP contribution in [0.1, 0.15) is 43.4 Å². The van der Waals surface area contributed by atoms with E-state index in [1.165, 1.54) is 24.3 Å². The van der Waals surface area contributed by atoms with Gasteiger partial charge < -0.3 is 15.0 Å². The van der Waals surface area contributed by atoms with Crippen molar-refractivity contribution < 1.29 is 23.5 Å². The van der Waals surface area contributed by atoms with Gasteiger partial charge in [-0.2, -0.15) is 5.26 Å². The largest absolute Gasteiger partial charge is 0.478 e. The average Bonchev–Trinajstić information content (AvgIpc) is 3.52. The third-order valence-corrected chi connectivity index (χ3v) is 8.70. The number of Topliss-reactive ketones (excluding diaryl/α,β-unsaturated/α-hetero) is 2. The normalized spacial score (nSPS) is 22.7. The van der Waals surface area contributed by atoms with E-state index >= 15 is 0 Å². The van der Waals surface area contributed by atoms with Gasteiger partial charge in [0.1, 0.15) is 29.1 Å². The van der Waals surface area contributed by atoms with Crippen LogP contribution in [-0.2, 0) is 10.2 Å². The first kappa shape index (κ1) is 26.4. The number of halogens is 1. The number of nitrogens with one attached hydrogen (secondary N) is 1. The highest BCUT2D eigenvalue weighted by Gasteiger charge is 2.70. The molecular formula is C35H24FN3O4. The fraction of sp³-hybridized carbons (Fsp3) is 0.143. The Hall–Kier alpha value is -5.55. The number of carbonyl (C=O) groups excluding carboxylic acids is 3. The molecule has 7 rings (SSSR count). The molecule has 43 heavy (non-hydrogen) atoms. The number of nitriles is 1. The lowest BCUT2D eigenvalue weighted by Crippen LogP contribution is -2.49. The zero-order valence-electron chi connectivity index (χ0n) is 22.7. The number of ketones is 2. The van der Waals surface area contributed by atoms with Gasteiger partial charge in [0, 0.05) is 17.5 Å². The van der Waals surface area contributed by atoms with Crippen LogP contribution in [0, 0.1) is 23.1 Å². The third-order valence-electron chi connectivity index (χ3n) is 8.70. The summed E-state index contributed by atoms with van der Waals surface area (Å²) in [6.45, 7) is -0.272. The molecule has 1 fully saturated rings. The van der Waals surface area contributed by atoms with Crippen molar-refractivity contribution in [2.24, 2.45) is 5.92 Å². The van der Waals surface area contributed by atoms with Crippen molar-refractivity contribution in [3.8, 4) is 11.8 Å². The van der Waals surface area contributed by atoms with Gasteiger partial charge in [0.25, 0.3) is 0 Å². The van der Waals surface area contributed by atoms with E-state index in [9.17, 15) is 18.8 Å². The monoisotopic (exact) mass is 569 g/mol. The summed E-state index contributed by atoms with van der Waals surface area (Å²) in [7, 11) is 0. The molecule has 7 nitrogen and oxygen atoms in total. The van der Waals surface area contributed by atoms with Crippen LogP contribution in [0.4, 0.5) is 10.1 Å². The number of benzene rings is 4. The second-order valence-corrected chi connectivity index (χ2v) is 10.8. The van der Waals surface area contributed by atoms with Crippen molar-refractivity contribution in [1.82, 2.24) is 4.90 Å². The Balaban J connectivity index is 1.52. The molecule has 8 heteroatoms. The minimum Gasteiger partial charge on any atom is -0.478 e. The Morgan fingerprint density at radius 2 is 1.65 bits per heavy atom. The van der Waals surface area contributed by atoms with E-state index < -0.39 is 46.7 Å². The molecule has 4 aromatic rings. The molecular weight excluding hydrogens is 545 g/mol. The van der Waals surface area contributed by atoms with Crippen LogP contribution in [0.2, 0.25) is 0 Å². The average molecular weight is 570 g/mol. The van der Waals surface area contributed by atoms with Crippen LogP contribution in [0.25, 0.3) is 6.08 Å². The lowest BCUT2D eigenvalue weighted by molar-refractivity contribution is -0.122. The van der Waals surface area contributed by atoms with Crippen LogP contribution in [0.15, 0.2) is 103 Å². The van der Waals surface area contributed by atoms with Crippen LogP contribution in [-0.4, -0.2) is 35.0 Å². The molecule has 1 amide bonds. The Labute approximate surface area is 246 Å². The van der Waals surface area contributed by atoms with E-state index in [4.69, 9.17) is 10.00 Å². The molecule has 0 radical (unpaired) electrons. The Morgan fingerprint density at radius 3 is 2.47 bits per heavy atom. The van der Waals surface area contributed by atoms with Crippen LogP contribution in [0.3, 0.4) is 0 Å². The molecule has 1 saturated heterocycles. The van der Waals surface area contributed by atoms with Gasteiger partial charge in [-0.25, -0.2) is 4.39 Å². The highest BCUT2D eigenvalue weighted by Crippen LogP contribution is 2.62. The fourth-order valence-corrected chi connectivity index (χ4v) is 7.03. The summed E-state index contributed by atoms with van der Waals surface area (Å²) in [6.07, 6.45) is 3.66. The molecule has 0 aromatic heterocycles. The molecule has 210 valence electrons. The second-order valence-electron chi connectivity index (χ2n) is 10.8. The maximum atomic E-state index is 14.8. The van der Waals surface area contributed by atoms with Gasteiger partial charge in [0.05, 0.1) is 17.5 Å². The number of fused-ring (bicyclic) bond motifs is 6. The Kier molecular flexibility index (Phi) is 6.17. The molecule has 1 N–H and O–H groups in total. The first-order valence-electron chi connectivity index (χ1n) is 13.8. The molecule has 3 aliphatic heterocycles. The quantitative estimate of drug-likeness (QED) is 0.299. The number of hydrogen-bond donors (Lipinski definition) is 1. The van der Waals surface area contributed by atoms with E-state index in [0.717, 1.165) is 11.1 Å². The maximum Gasteiger partial charge on any atom is 0.238 e. The van der Waals surface area contributed by atoms with E-state index in [0.29, 0.717) is 11.3 Å². The highest BCUT2D eigenvalue weighted by atomic mass is 19.1. The minimum absolute atomic E-state index is 0.187. The zero-order chi connectivity index (χ0) is 29.7. The smallest absolute Gasteiger partial charge is 0.238 e. The molecule has 4 atom stereocenters. The van der Waals surface area contributed by atoms with Crippen molar-refractivity contribution in [1.29, 1.82) is 5.26 Å². The van der Waals surface area contributed by atoms with Gasteiger partial charge in [-0.15, -0.1) is 0 Å². The van der Waals surface area contributed by atoms with Gasteiger partial charge in [0.2, 0.25) is 5.91 Å². The first-order chi connectivity index (χ1) is 21.0. The van der Waals surface area contributed by atoms with Gasteiger partial charge in [0.15, 0.2) is 18.2 Å². The maximum absolute atomic E-state index is 14.8. The summed E-state index contributed by atoms with van der Waals surface area (Å²) in [5.41, 5.74) is 1.73. The second kappa shape index (κ2) is 10.1. The predicted molar refractivity (Wildman–Crippen MR) is 157 cm³/mol. The van der Waals surface area contributed by atoms with Gasteiger partial charge >= 0.3 is 0 Å². The summed E-state index contributed by atoms with van der Waals surface area (Å²) in [6, 6.07) is 26.7. The number of carbonyl (C=O) groups is 3. The van der Waals surface area contributed by atoms with Crippen molar-refractivity contribution in [3.63, 3.8) is 0 Å². The summed E-state index contributed by atoms with van der Waals surface area (Å²) in [5, 5.41) is 12.1. The number of ether oxygens (including phenoxy) is 1. The van der Waals surface area contributed by atoms with E-state index in [1.807, 2.05) is 59.5 Å². The molecule has 3 aliphatic rings. The van der Waals surface area contributed by atoms with E-state index in [2.05, 4.69) is 5.32 Å². The van der Waals surface area contributed by atoms with E-state index in [-0.39, 0.29) is 23.5 Å². The lowest BCUT2D eigenvalue weighted by atomic mass is 9.62. The Morgan fingerprint density at radius 1 is 0.930 bits per heavy atom. The molecule has 3 heterocycles. The van der Waals surface area contributed by atoms with Crippen LogP contribution < -0.4 is 10.1 Å². The first-order valence-corrected chi connectivity index (χ1v) is 13.8. The number of anilines is 1. The summed E-state index contributed by atoms with van der Waals surface area (Å²) in [5.74, 6) is -2.79. The highest BCUT2D eigenvalue weighted by molar-refractivity contribution is 6.17. The molecule has 1 spiro atoms.